The fourth-order valence-electron chi connectivity index (χ4n) is 3.67. The zero-order valence-corrected chi connectivity index (χ0v) is 15.6. The molecule has 1 unspecified atom stereocenters. The Balaban J connectivity index is 1.80. The summed E-state index contributed by atoms with van der Waals surface area (Å²) in [6.45, 7) is 2.18. The Kier molecular flexibility index (Phi) is 4.24. The molecule has 0 saturated heterocycles. The third-order valence-corrected chi connectivity index (χ3v) is 5.08. The van der Waals surface area contributed by atoms with Crippen LogP contribution in [-0.2, 0) is 0 Å². The molecule has 1 atom stereocenters. The highest BCUT2D eigenvalue weighted by Crippen LogP contribution is 2.51. The first-order chi connectivity index (χ1) is 12.7. The van der Waals surface area contributed by atoms with Crippen molar-refractivity contribution in [2.24, 2.45) is 0 Å². The molecule has 26 heavy (non-hydrogen) atoms. The number of hydrogen-bond acceptors (Lipinski definition) is 4. The molecule has 1 heterocycles. The smallest absolute Gasteiger partial charge is 0.161 e. The number of ether oxygens (including phenoxy) is 2. The van der Waals surface area contributed by atoms with Gasteiger partial charge in [0.05, 0.1) is 19.9 Å². The number of H-pyrrole nitrogens is 1. The molecule has 1 aliphatic rings. The molecule has 5 nitrogen and oxygen atoms in total. The average Bonchev–Trinajstić information content (AvgIpc) is 3.18. The Hall–Kier alpha value is -2.66. The molecule has 2 N–H and O–H groups in total. The van der Waals surface area contributed by atoms with Crippen LogP contribution in [0.25, 0.3) is 11.3 Å². The highest BCUT2D eigenvalue weighted by molar-refractivity contribution is 6.30. The number of fused-ring (bicyclic) bond motifs is 3. The van der Waals surface area contributed by atoms with Crippen LogP contribution >= 0.6 is 11.6 Å². The lowest BCUT2D eigenvalue weighted by atomic mass is 9.94. The summed E-state index contributed by atoms with van der Waals surface area (Å²) in [5.41, 5.74) is 5.34. The third kappa shape index (κ3) is 2.59. The largest absolute Gasteiger partial charge is 0.493 e. The van der Waals surface area contributed by atoms with E-state index in [1.165, 1.54) is 5.56 Å². The minimum absolute atomic E-state index is 0.236. The van der Waals surface area contributed by atoms with Crippen LogP contribution in [0.1, 0.15) is 30.4 Å². The number of aromatic nitrogens is 2. The zero-order valence-electron chi connectivity index (χ0n) is 14.9. The predicted octanol–water partition coefficient (Wildman–Crippen LogP) is 5.35. The van der Waals surface area contributed by atoms with E-state index >= 15 is 0 Å². The molecule has 6 heteroatoms. The van der Waals surface area contributed by atoms with Gasteiger partial charge >= 0.3 is 0 Å². The van der Waals surface area contributed by atoms with Gasteiger partial charge in [-0.15, -0.1) is 0 Å². The fraction of sp³-hybridized carbons (Fsp3) is 0.250. The first-order valence-electron chi connectivity index (χ1n) is 8.53. The first kappa shape index (κ1) is 16.8. The summed E-state index contributed by atoms with van der Waals surface area (Å²) < 4.78 is 11.0. The molecular formula is C20H20ClN3O2. The normalized spacial score (nSPS) is 14.7. The molecule has 2 aromatic carbocycles. The van der Waals surface area contributed by atoms with Gasteiger partial charge in [-0.3, -0.25) is 5.10 Å². The van der Waals surface area contributed by atoms with Crippen molar-refractivity contribution in [1.82, 2.24) is 10.2 Å². The van der Waals surface area contributed by atoms with Gasteiger partial charge in [0.15, 0.2) is 11.5 Å². The quantitative estimate of drug-likeness (QED) is 0.636. The van der Waals surface area contributed by atoms with E-state index in [1.54, 1.807) is 14.2 Å². The number of halogens is 1. The van der Waals surface area contributed by atoms with Crippen molar-refractivity contribution in [2.45, 2.75) is 19.3 Å². The van der Waals surface area contributed by atoms with Gasteiger partial charge in [-0.1, -0.05) is 24.6 Å². The van der Waals surface area contributed by atoms with Crippen LogP contribution in [0, 0.1) is 0 Å². The van der Waals surface area contributed by atoms with Crippen LogP contribution in [-0.4, -0.2) is 24.4 Å². The SMILES string of the molecule is CCC1c2cc(OC)c(OC)cc2-c2n[nH]c(Nc3cccc(Cl)c3)c21. The van der Waals surface area contributed by atoms with Gasteiger partial charge in [-0.2, -0.15) is 5.10 Å². The number of anilines is 2. The minimum Gasteiger partial charge on any atom is -0.493 e. The van der Waals surface area contributed by atoms with Crippen molar-refractivity contribution in [2.75, 3.05) is 19.5 Å². The summed E-state index contributed by atoms with van der Waals surface area (Å²) in [6.07, 6.45) is 0.958. The van der Waals surface area contributed by atoms with Crippen LogP contribution in [0.5, 0.6) is 11.5 Å². The maximum atomic E-state index is 6.10. The van der Waals surface area contributed by atoms with Crippen LogP contribution in [0.4, 0.5) is 11.5 Å². The van der Waals surface area contributed by atoms with Crippen LogP contribution in [0.15, 0.2) is 36.4 Å². The fourth-order valence-corrected chi connectivity index (χ4v) is 3.86. The summed E-state index contributed by atoms with van der Waals surface area (Å²) >= 11 is 6.10. The van der Waals surface area contributed by atoms with E-state index in [0.717, 1.165) is 40.5 Å². The third-order valence-electron chi connectivity index (χ3n) is 4.84. The van der Waals surface area contributed by atoms with E-state index in [9.17, 15) is 0 Å². The highest BCUT2D eigenvalue weighted by atomic mass is 35.5. The standard InChI is InChI=1S/C20H20ClN3O2/c1-4-13-14-9-16(25-2)17(26-3)10-15(14)19-18(13)20(24-23-19)22-12-7-5-6-11(21)8-12/h5-10,13H,4H2,1-3H3,(H2,22,23,24). The van der Waals surface area contributed by atoms with E-state index in [-0.39, 0.29) is 5.92 Å². The molecule has 0 amide bonds. The number of methoxy groups -OCH3 is 2. The number of nitrogens with zero attached hydrogens (tertiary/aromatic N) is 1. The van der Waals surface area contributed by atoms with E-state index in [1.807, 2.05) is 30.3 Å². The number of aromatic amines is 1. The van der Waals surface area contributed by atoms with Gasteiger partial charge in [-0.25, -0.2) is 0 Å². The topological polar surface area (TPSA) is 59.2 Å². The Morgan fingerprint density at radius 3 is 2.62 bits per heavy atom. The molecule has 0 saturated carbocycles. The Labute approximate surface area is 157 Å². The maximum absolute atomic E-state index is 6.10. The Morgan fingerprint density at radius 2 is 1.92 bits per heavy atom. The monoisotopic (exact) mass is 369 g/mol. The second-order valence-corrected chi connectivity index (χ2v) is 6.69. The van der Waals surface area contributed by atoms with Gasteiger partial charge in [-0.05, 0) is 42.3 Å². The van der Waals surface area contributed by atoms with E-state index in [2.05, 4.69) is 28.5 Å². The molecular weight excluding hydrogens is 350 g/mol. The number of hydrogen-bond donors (Lipinski definition) is 2. The van der Waals surface area contributed by atoms with Crippen molar-refractivity contribution in [3.8, 4) is 22.8 Å². The maximum Gasteiger partial charge on any atom is 0.161 e. The van der Waals surface area contributed by atoms with E-state index in [0.29, 0.717) is 10.8 Å². The van der Waals surface area contributed by atoms with E-state index in [4.69, 9.17) is 21.1 Å². The van der Waals surface area contributed by atoms with Crippen LogP contribution in [0.2, 0.25) is 5.02 Å². The minimum atomic E-state index is 0.236. The Bertz CT molecular complexity index is 968. The first-order valence-corrected chi connectivity index (χ1v) is 8.91. The average molecular weight is 370 g/mol. The van der Waals surface area contributed by atoms with Crippen molar-refractivity contribution in [3.05, 3.63) is 52.5 Å². The van der Waals surface area contributed by atoms with Crippen LogP contribution < -0.4 is 14.8 Å². The molecule has 4 rings (SSSR count). The van der Waals surface area contributed by atoms with Crippen molar-refractivity contribution < 1.29 is 9.47 Å². The van der Waals surface area contributed by atoms with Gasteiger partial charge in [0.1, 0.15) is 5.82 Å². The van der Waals surface area contributed by atoms with Gasteiger partial charge in [0.25, 0.3) is 0 Å². The molecule has 0 radical (unpaired) electrons. The van der Waals surface area contributed by atoms with Crippen LogP contribution in [0.3, 0.4) is 0 Å². The summed E-state index contributed by atoms with van der Waals surface area (Å²) in [7, 11) is 3.31. The molecule has 0 spiro atoms. The summed E-state index contributed by atoms with van der Waals surface area (Å²) in [5.74, 6) is 2.58. The predicted molar refractivity (Wildman–Crippen MR) is 104 cm³/mol. The summed E-state index contributed by atoms with van der Waals surface area (Å²) in [5, 5.41) is 11.8. The molecule has 1 aliphatic carbocycles. The lowest BCUT2D eigenvalue weighted by Gasteiger charge is -2.15. The van der Waals surface area contributed by atoms with Crippen molar-refractivity contribution in [3.63, 3.8) is 0 Å². The Morgan fingerprint density at radius 1 is 1.15 bits per heavy atom. The lowest BCUT2D eigenvalue weighted by Crippen LogP contribution is -2.01. The molecule has 0 fully saturated rings. The number of benzene rings is 2. The van der Waals surface area contributed by atoms with Gasteiger partial charge < -0.3 is 14.8 Å². The second kappa shape index (κ2) is 6.57. The lowest BCUT2D eigenvalue weighted by molar-refractivity contribution is 0.354. The molecule has 1 aromatic heterocycles. The van der Waals surface area contributed by atoms with Gasteiger partial charge in [0, 0.05) is 27.8 Å². The summed E-state index contributed by atoms with van der Waals surface area (Å²) in [6, 6.07) is 11.7. The molecule has 0 aliphatic heterocycles. The second-order valence-electron chi connectivity index (χ2n) is 6.25. The number of rotatable bonds is 5. The summed E-state index contributed by atoms with van der Waals surface area (Å²) in [4.78, 5) is 0. The molecule has 0 bridgehead atoms. The molecule has 3 aromatic rings. The van der Waals surface area contributed by atoms with E-state index < -0.39 is 0 Å². The highest BCUT2D eigenvalue weighted by Gasteiger charge is 2.34. The van der Waals surface area contributed by atoms with Gasteiger partial charge in [0.2, 0.25) is 0 Å². The van der Waals surface area contributed by atoms with Crippen molar-refractivity contribution in [1.29, 1.82) is 0 Å². The van der Waals surface area contributed by atoms with Crippen molar-refractivity contribution >= 4 is 23.1 Å². The number of nitrogens with one attached hydrogen (secondary N) is 2. The zero-order chi connectivity index (χ0) is 18.3. The molecule has 134 valence electrons.